The van der Waals surface area contributed by atoms with Gasteiger partial charge in [0, 0.05) is 25.0 Å². The van der Waals surface area contributed by atoms with E-state index in [-0.39, 0.29) is 0 Å². The van der Waals surface area contributed by atoms with Crippen molar-refractivity contribution in [1.82, 2.24) is 9.80 Å². The molecule has 0 amide bonds. The maximum Gasteiger partial charge on any atom is 0.101 e. The van der Waals surface area contributed by atoms with Crippen LogP contribution in [0.1, 0.15) is 182 Å². The van der Waals surface area contributed by atoms with Gasteiger partial charge in [0.15, 0.2) is 0 Å². The monoisotopic (exact) mass is 491 g/mol. The minimum absolute atomic E-state index is 0.608. The Morgan fingerprint density at radius 2 is 0.857 bits per heavy atom. The molecule has 1 aliphatic heterocycles. The van der Waals surface area contributed by atoms with E-state index in [0.29, 0.717) is 12.2 Å². The molecule has 0 radical (unpaired) electrons. The highest BCUT2D eigenvalue weighted by atomic mass is 15.4. The fourth-order valence-corrected chi connectivity index (χ4v) is 5.71. The van der Waals surface area contributed by atoms with E-state index in [1.165, 1.54) is 161 Å². The minimum atomic E-state index is 0.608. The Morgan fingerprint density at radius 1 is 0.486 bits per heavy atom. The average molecular weight is 491 g/mol. The molecule has 0 saturated carbocycles. The van der Waals surface area contributed by atoms with Gasteiger partial charge >= 0.3 is 0 Å². The van der Waals surface area contributed by atoms with Gasteiger partial charge in [0.05, 0.1) is 0 Å². The lowest BCUT2D eigenvalue weighted by atomic mass is 10.0. The first kappa shape index (κ1) is 32.4. The number of nitrogens with zero attached hydrogens (tertiary/aromatic N) is 2. The SMILES string of the molecule is CCCCCCCCCCCCCCCCCCCC1N(CCCCCCCC)C=CN1C(C)C. The molecule has 0 aromatic carbocycles. The van der Waals surface area contributed by atoms with Crippen LogP contribution in [0.25, 0.3) is 0 Å². The highest BCUT2D eigenvalue weighted by molar-refractivity contribution is 4.98. The second-order valence-electron chi connectivity index (χ2n) is 11.8. The molecule has 2 nitrogen and oxygen atoms in total. The van der Waals surface area contributed by atoms with Crippen LogP contribution >= 0.6 is 0 Å². The maximum absolute atomic E-state index is 2.65. The van der Waals surface area contributed by atoms with E-state index < -0.39 is 0 Å². The lowest BCUT2D eigenvalue weighted by Gasteiger charge is -2.35. The Bertz CT molecular complexity index is 458. The third kappa shape index (κ3) is 17.4. The second kappa shape index (κ2) is 23.7. The first-order valence-corrected chi connectivity index (χ1v) is 16.4. The van der Waals surface area contributed by atoms with Gasteiger partial charge in [-0.05, 0) is 33.1 Å². The van der Waals surface area contributed by atoms with Crippen molar-refractivity contribution in [3.05, 3.63) is 12.4 Å². The highest BCUT2D eigenvalue weighted by Gasteiger charge is 2.26. The number of hydrogen-bond acceptors (Lipinski definition) is 2. The molecule has 0 aromatic rings. The highest BCUT2D eigenvalue weighted by Crippen LogP contribution is 2.25. The van der Waals surface area contributed by atoms with Crippen LogP contribution in [0.2, 0.25) is 0 Å². The summed E-state index contributed by atoms with van der Waals surface area (Å²) in [6, 6.07) is 0.608. The van der Waals surface area contributed by atoms with Gasteiger partial charge in [-0.3, -0.25) is 0 Å². The zero-order valence-electron chi connectivity index (χ0n) is 24.9. The summed E-state index contributed by atoms with van der Waals surface area (Å²) in [6.45, 7) is 10.6. The van der Waals surface area contributed by atoms with Crippen LogP contribution in [0, 0.1) is 0 Å². The molecule has 0 saturated heterocycles. The molecule has 1 heterocycles. The Balaban J connectivity index is 1.97. The van der Waals surface area contributed by atoms with Crippen molar-refractivity contribution >= 4 is 0 Å². The molecular weight excluding hydrogens is 424 g/mol. The molecule has 0 aliphatic carbocycles. The second-order valence-corrected chi connectivity index (χ2v) is 11.8. The van der Waals surface area contributed by atoms with Gasteiger partial charge in [-0.25, -0.2) is 0 Å². The number of unbranched alkanes of at least 4 members (excludes halogenated alkanes) is 21. The number of hydrogen-bond donors (Lipinski definition) is 0. The standard InChI is InChI=1S/C33H66N2/c1-5-7-9-11-13-14-15-16-17-18-19-20-21-22-23-24-26-28-33-34(30-31-35(33)32(3)4)29-27-25-12-10-8-6-2/h30-33H,5-29H2,1-4H3. The third-order valence-electron chi connectivity index (χ3n) is 8.09. The predicted octanol–water partition coefficient (Wildman–Crippen LogP) is 11.2. The van der Waals surface area contributed by atoms with Crippen molar-refractivity contribution in [2.24, 2.45) is 0 Å². The van der Waals surface area contributed by atoms with Crippen molar-refractivity contribution in [3.8, 4) is 0 Å². The molecule has 1 rings (SSSR count). The van der Waals surface area contributed by atoms with Crippen molar-refractivity contribution in [2.45, 2.75) is 194 Å². The predicted molar refractivity (Wildman–Crippen MR) is 159 cm³/mol. The summed E-state index contributed by atoms with van der Waals surface area (Å²) in [4.78, 5) is 5.25. The molecule has 0 aromatic heterocycles. The van der Waals surface area contributed by atoms with Gasteiger partial charge in [0.2, 0.25) is 0 Å². The molecular formula is C33H66N2. The topological polar surface area (TPSA) is 6.48 Å². The van der Waals surface area contributed by atoms with E-state index in [2.05, 4.69) is 49.9 Å². The van der Waals surface area contributed by atoms with E-state index >= 15 is 0 Å². The maximum atomic E-state index is 2.65. The molecule has 0 spiro atoms. The lowest BCUT2D eigenvalue weighted by Crippen LogP contribution is -2.42. The molecule has 0 N–H and O–H groups in total. The Morgan fingerprint density at radius 3 is 1.26 bits per heavy atom. The zero-order chi connectivity index (χ0) is 25.4. The van der Waals surface area contributed by atoms with Crippen molar-refractivity contribution in [1.29, 1.82) is 0 Å². The molecule has 208 valence electrons. The summed E-state index contributed by atoms with van der Waals surface area (Å²) in [6.07, 6.45) is 39.8. The first-order valence-electron chi connectivity index (χ1n) is 16.4. The Hall–Kier alpha value is -0.660. The average Bonchev–Trinajstić information content (AvgIpc) is 3.26. The van der Waals surface area contributed by atoms with Crippen LogP contribution in [-0.4, -0.2) is 28.6 Å². The molecule has 0 fully saturated rings. The summed E-state index contributed by atoms with van der Waals surface area (Å²) < 4.78 is 0. The molecule has 0 bridgehead atoms. The first-order chi connectivity index (χ1) is 17.2. The smallest absolute Gasteiger partial charge is 0.101 e. The Kier molecular flexibility index (Phi) is 21.9. The normalized spacial score (nSPS) is 15.7. The van der Waals surface area contributed by atoms with Gasteiger partial charge in [0.1, 0.15) is 6.17 Å². The van der Waals surface area contributed by atoms with Crippen molar-refractivity contribution in [3.63, 3.8) is 0 Å². The van der Waals surface area contributed by atoms with Gasteiger partial charge in [0.25, 0.3) is 0 Å². The van der Waals surface area contributed by atoms with Crippen LogP contribution < -0.4 is 0 Å². The molecule has 1 unspecified atom stereocenters. The summed E-state index contributed by atoms with van der Waals surface area (Å²) in [7, 11) is 0. The van der Waals surface area contributed by atoms with E-state index in [1.54, 1.807) is 0 Å². The quantitative estimate of drug-likeness (QED) is 0.111. The largest absolute Gasteiger partial charge is 0.356 e. The van der Waals surface area contributed by atoms with E-state index in [4.69, 9.17) is 0 Å². The summed E-state index contributed by atoms with van der Waals surface area (Å²) in [5, 5.41) is 0. The van der Waals surface area contributed by atoms with Crippen LogP contribution in [0.15, 0.2) is 12.4 Å². The van der Waals surface area contributed by atoms with Crippen LogP contribution in [-0.2, 0) is 0 Å². The fourth-order valence-electron chi connectivity index (χ4n) is 5.71. The van der Waals surface area contributed by atoms with Gasteiger partial charge in [-0.2, -0.15) is 0 Å². The minimum Gasteiger partial charge on any atom is -0.356 e. The zero-order valence-corrected chi connectivity index (χ0v) is 24.9. The van der Waals surface area contributed by atoms with Gasteiger partial charge in [-0.1, -0.05) is 149 Å². The number of rotatable bonds is 26. The molecule has 1 atom stereocenters. The summed E-state index contributed by atoms with van der Waals surface area (Å²) in [5.74, 6) is 0. The summed E-state index contributed by atoms with van der Waals surface area (Å²) in [5.41, 5.74) is 0. The lowest BCUT2D eigenvalue weighted by molar-refractivity contribution is 0.114. The van der Waals surface area contributed by atoms with Crippen molar-refractivity contribution < 1.29 is 0 Å². The fraction of sp³-hybridized carbons (Fsp3) is 0.939. The third-order valence-corrected chi connectivity index (χ3v) is 8.09. The molecule has 35 heavy (non-hydrogen) atoms. The van der Waals surface area contributed by atoms with Crippen LogP contribution in [0.3, 0.4) is 0 Å². The van der Waals surface area contributed by atoms with E-state index in [9.17, 15) is 0 Å². The van der Waals surface area contributed by atoms with E-state index in [1.807, 2.05) is 0 Å². The van der Waals surface area contributed by atoms with E-state index in [0.717, 1.165) is 0 Å². The summed E-state index contributed by atoms with van der Waals surface area (Å²) >= 11 is 0. The Labute approximate surface area is 222 Å². The van der Waals surface area contributed by atoms with Gasteiger partial charge in [-0.15, -0.1) is 0 Å². The van der Waals surface area contributed by atoms with Crippen molar-refractivity contribution in [2.75, 3.05) is 6.54 Å². The molecule has 1 aliphatic rings. The molecule has 2 heteroatoms. The van der Waals surface area contributed by atoms with Gasteiger partial charge < -0.3 is 9.80 Å². The van der Waals surface area contributed by atoms with Crippen LogP contribution in [0.4, 0.5) is 0 Å². The van der Waals surface area contributed by atoms with Crippen LogP contribution in [0.5, 0.6) is 0 Å².